The SMILES string of the molecule is CN1C(C)(C)CC2(CC1(C)C)OCC(C)(C(=O)OCCCCCOC(=O)C1(C)COC3(CC(C)(C)N(C)C(C)(C)C3)O1)O2. The van der Waals surface area contributed by atoms with Gasteiger partial charge in [-0.15, -0.1) is 0 Å². The van der Waals surface area contributed by atoms with Crippen LogP contribution in [0.25, 0.3) is 0 Å². The maximum Gasteiger partial charge on any atom is 0.340 e. The molecule has 0 aromatic rings. The Bertz CT molecular complexity index is 953. The zero-order valence-electron chi connectivity index (χ0n) is 28.9. The minimum atomic E-state index is -1.13. The zero-order chi connectivity index (χ0) is 32.3. The summed E-state index contributed by atoms with van der Waals surface area (Å²) in [6.07, 6.45) is 4.76. The lowest BCUT2D eigenvalue weighted by Crippen LogP contribution is -2.64. The summed E-state index contributed by atoms with van der Waals surface area (Å²) in [5, 5.41) is 0. The predicted molar refractivity (Wildman–Crippen MR) is 162 cm³/mol. The van der Waals surface area contributed by atoms with Gasteiger partial charge in [0.25, 0.3) is 0 Å². The first-order valence-electron chi connectivity index (χ1n) is 16.0. The second-order valence-corrected chi connectivity index (χ2v) is 16.5. The van der Waals surface area contributed by atoms with Crippen LogP contribution in [0.4, 0.5) is 0 Å². The molecular formula is C33H58N2O8. The second-order valence-electron chi connectivity index (χ2n) is 16.5. The number of likely N-dealkylation sites (tertiary alicyclic amines) is 2. The van der Waals surface area contributed by atoms with Crippen molar-refractivity contribution < 1.29 is 38.0 Å². The van der Waals surface area contributed by atoms with Gasteiger partial charge in [0.05, 0.1) is 26.4 Å². The topological polar surface area (TPSA) is 96.0 Å². The fraction of sp³-hybridized carbons (Fsp3) is 0.939. The van der Waals surface area contributed by atoms with E-state index in [0.29, 0.717) is 38.5 Å². The van der Waals surface area contributed by atoms with Gasteiger partial charge >= 0.3 is 11.9 Å². The lowest BCUT2D eigenvalue weighted by atomic mass is 9.76. The van der Waals surface area contributed by atoms with Gasteiger partial charge in [-0.3, -0.25) is 9.80 Å². The summed E-state index contributed by atoms with van der Waals surface area (Å²) in [5.41, 5.74) is -2.83. The summed E-state index contributed by atoms with van der Waals surface area (Å²) in [5.74, 6) is -2.40. The number of ether oxygens (including phenoxy) is 6. The van der Waals surface area contributed by atoms with E-state index in [2.05, 4.69) is 79.3 Å². The highest BCUT2D eigenvalue weighted by Gasteiger charge is 2.62. The van der Waals surface area contributed by atoms with Crippen LogP contribution in [0.2, 0.25) is 0 Å². The first-order chi connectivity index (χ1) is 19.5. The quantitative estimate of drug-likeness (QED) is 0.281. The van der Waals surface area contributed by atoms with Crippen molar-refractivity contribution in [3.8, 4) is 0 Å². The van der Waals surface area contributed by atoms with Gasteiger partial charge in [-0.2, -0.15) is 0 Å². The van der Waals surface area contributed by atoms with Gasteiger partial charge in [-0.1, -0.05) is 0 Å². The number of nitrogens with zero attached hydrogens (tertiary/aromatic N) is 2. The van der Waals surface area contributed by atoms with E-state index >= 15 is 0 Å². The maximum atomic E-state index is 13.0. The zero-order valence-corrected chi connectivity index (χ0v) is 28.9. The molecule has 0 amide bonds. The fourth-order valence-corrected chi connectivity index (χ4v) is 7.92. The second kappa shape index (κ2) is 11.2. The summed E-state index contributed by atoms with van der Waals surface area (Å²) < 4.78 is 36.5. The average molecular weight is 611 g/mol. The fourth-order valence-electron chi connectivity index (χ4n) is 7.92. The lowest BCUT2D eigenvalue weighted by Gasteiger charge is -2.56. The van der Waals surface area contributed by atoms with E-state index in [-0.39, 0.29) is 48.6 Å². The molecule has 0 aromatic carbocycles. The Balaban J connectivity index is 1.17. The van der Waals surface area contributed by atoms with Crippen molar-refractivity contribution in [3.63, 3.8) is 0 Å². The van der Waals surface area contributed by atoms with Crippen LogP contribution in [-0.2, 0) is 38.0 Å². The predicted octanol–water partition coefficient (Wildman–Crippen LogP) is 4.81. The molecule has 2 atom stereocenters. The van der Waals surface area contributed by atoms with Crippen molar-refractivity contribution in [2.45, 2.75) is 159 Å². The van der Waals surface area contributed by atoms with Crippen LogP contribution >= 0.6 is 0 Å². The van der Waals surface area contributed by atoms with Crippen LogP contribution in [0, 0.1) is 0 Å². The summed E-state index contributed by atoms with van der Waals surface area (Å²) >= 11 is 0. The molecule has 43 heavy (non-hydrogen) atoms. The summed E-state index contributed by atoms with van der Waals surface area (Å²) in [4.78, 5) is 30.8. The van der Waals surface area contributed by atoms with E-state index in [1.54, 1.807) is 13.8 Å². The van der Waals surface area contributed by atoms with E-state index in [1.807, 2.05) is 0 Å². The van der Waals surface area contributed by atoms with E-state index in [0.717, 1.165) is 6.42 Å². The van der Waals surface area contributed by atoms with Crippen molar-refractivity contribution in [2.75, 3.05) is 40.5 Å². The Morgan fingerprint density at radius 2 is 0.860 bits per heavy atom. The van der Waals surface area contributed by atoms with Gasteiger partial charge in [-0.05, 0) is 103 Å². The van der Waals surface area contributed by atoms with Crippen molar-refractivity contribution in [1.29, 1.82) is 0 Å². The molecule has 10 heteroatoms. The molecule has 248 valence electrons. The van der Waals surface area contributed by atoms with Gasteiger partial charge in [0, 0.05) is 47.8 Å². The third-order valence-corrected chi connectivity index (χ3v) is 10.6. The molecule has 0 aliphatic carbocycles. The number of carbonyl (C=O) groups is 2. The minimum absolute atomic E-state index is 0.142. The summed E-state index contributed by atoms with van der Waals surface area (Å²) in [7, 11) is 4.25. The number of esters is 2. The highest BCUT2D eigenvalue weighted by molar-refractivity contribution is 5.80. The third kappa shape index (κ3) is 6.80. The van der Waals surface area contributed by atoms with Crippen molar-refractivity contribution in [2.24, 2.45) is 0 Å². The molecule has 0 bridgehead atoms. The standard InChI is InChI=1S/C33H58N2O8/c1-26(2)18-32(19-27(3,4)34(26)11)40-22-30(9,42-32)24(36)38-16-14-13-15-17-39-25(37)31(10)23-41-33(43-31)20-28(5,6)35(12)29(7,8)21-33/h13-23H2,1-12H3. The lowest BCUT2D eigenvalue weighted by molar-refractivity contribution is -0.253. The van der Waals surface area contributed by atoms with Crippen molar-refractivity contribution in [1.82, 2.24) is 9.80 Å². The Morgan fingerprint density at radius 1 is 0.558 bits per heavy atom. The van der Waals surface area contributed by atoms with Gasteiger partial charge < -0.3 is 28.4 Å². The molecule has 4 aliphatic heterocycles. The molecule has 2 unspecified atom stereocenters. The number of rotatable bonds is 8. The Labute approximate surface area is 259 Å². The van der Waals surface area contributed by atoms with Crippen molar-refractivity contribution >= 4 is 11.9 Å². The van der Waals surface area contributed by atoms with Crippen LogP contribution < -0.4 is 0 Å². The number of piperidine rings is 2. The number of hydrogen-bond donors (Lipinski definition) is 0. The summed E-state index contributed by atoms with van der Waals surface area (Å²) in [6, 6.07) is 0. The van der Waals surface area contributed by atoms with Gasteiger partial charge in [-0.25, -0.2) is 9.59 Å². The highest BCUT2D eigenvalue weighted by Crippen LogP contribution is 2.51. The molecule has 10 nitrogen and oxygen atoms in total. The molecule has 4 fully saturated rings. The average Bonchev–Trinajstić information content (AvgIpc) is 3.36. The molecule has 0 radical (unpaired) electrons. The molecule has 4 saturated heterocycles. The monoisotopic (exact) mass is 610 g/mol. The van der Waals surface area contributed by atoms with Crippen LogP contribution in [0.3, 0.4) is 0 Å². The first-order valence-corrected chi connectivity index (χ1v) is 16.0. The van der Waals surface area contributed by atoms with Crippen LogP contribution in [0.1, 0.15) is 114 Å². The van der Waals surface area contributed by atoms with Crippen molar-refractivity contribution in [3.05, 3.63) is 0 Å². The largest absolute Gasteiger partial charge is 0.463 e. The molecule has 4 heterocycles. The van der Waals surface area contributed by atoms with Gasteiger partial charge in [0.1, 0.15) is 0 Å². The molecular weight excluding hydrogens is 552 g/mol. The molecule has 0 aromatic heterocycles. The van der Waals surface area contributed by atoms with E-state index in [1.165, 1.54) is 0 Å². The summed E-state index contributed by atoms with van der Waals surface area (Å²) in [6.45, 7) is 21.8. The Morgan fingerprint density at radius 3 is 1.16 bits per heavy atom. The minimum Gasteiger partial charge on any atom is -0.463 e. The number of carbonyl (C=O) groups excluding carboxylic acids is 2. The van der Waals surface area contributed by atoms with Crippen LogP contribution in [0.15, 0.2) is 0 Å². The first kappa shape index (κ1) is 34.6. The molecule has 4 aliphatic rings. The van der Waals surface area contributed by atoms with E-state index < -0.39 is 34.7 Å². The molecule has 2 spiro atoms. The Hall–Kier alpha value is -1.30. The van der Waals surface area contributed by atoms with Crippen LogP contribution in [0.5, 0.6) is 0 Å². The van der Waals surface area contributed by atoms with Gasteiger partial charge in [0.2, 0.25) is 0 Å². The third-order valence-electron chi connectivity index (χ3n) is 10.6. The smallest absolute Gasteiger partial charge is 0.340 e. The normalized spacial score (nSPS) is 34.0. The maximum absolute atomic E-state index is 13.0. The van der Waals surface area contributed by atoms with Crippen LogP contribution in [-0.4, -0.2) is 107 Å². The van der Waals surface area contributed by atoms with E-state index in [4.69, 9.17) is 28.4 Å². The molecule has 0 N–H and O–H groups in total. The van der Waals surface area contributed by atoms with E-state index in [9.17, 15) is 9.59 Å². The molecule has 0 saturated carbocycles. The highest BCUT2D eigenvalue weighted by atomic mass is 16.8. The number of unbranched alkanes of at least 4 members (excludes halogenated alkanes) is 2. The number of hydrogen-bond acceptors (Lipinski definition) is 10. The molecule has 4 rings (SSSR count). The van der Waals surface area contributed by atoms with Gasteiger partial charge in [0.15, 0.2) is 22.8 Å². The Kier molecular flexibility index (Phi) is 9.00.